The van der Waals surface area contributed by atoms with Crippen LogP contribution in [0.3, 0.4) is 0 Å². The number of hydrogen-bond donors (Lipinski definition) is 1. The number of piperidine rings is 1. The van der Waals surface area contributed by atoms with Crippen molar-refractivity contribution in [3.8, 4) is 11.1 Å². The highest BCUT2D eigenvalue weighted by molar-refractivity contribution is 5.90. The number of nitrogens with zero attached hydrogens (tertiary/aromatic N) is 2. The number of aryl methyl sites for hydroxylation is 1. The molecular weight excluding hydrogens is 326 g/mol. The number of carbonyl (C=O) groups is 2. The Morgan fingerprint density at radius 2 is 1.73 bits per heavy atom. The first-order chi connectivity index (χ1) is 12.5. The molecule has 0 aliphatic carbocycles. The summed E-state index contributed by atoms with van der Waals surface area (Å²) in [5.41, 5.74) is 3.36. The highest BCUT2D eigenvalue weighted by Gasteiger charge is 2.22. The second-order valence-corrected chi connectivity index (χ2v) is 7.00. The third-order valence-corrected chi connectivity index (χ3v) is 4.95. The summed E-state index contributed by atoms with van der Waals surface area (Å²) in [6, 6.07) is 12.1. The van der Waals surface area contributed by atoms with Crippen LogP contribution in [0.1, 0.15) is 31.7 Å². The summed E-state index contributed by atoms with van der Waals surface area (Å²) in [4.78, 5) is 29.8. The number of hydrogen-bond acceptors (Lipinski definition) is 3. The molecule has 1 aromatic heterocycles. The molecule has 0 radical (unpaired) electrons. The van der Waals surface area contributed by atoms with Crippen LogP contribution in [-0.4, -0.2) is 34.8 Å². The summed E-state index contributed by atoms with van der Waals surface area (Å²) < 4.78 is 0. The van der Waals surface area contributed by atoms with Gasteiger partial charge in [0.15, 0.2) is 0 Å². The Kier molecular flexibility index (Phi) is 5.66. The van der Waals surface area contributed by atoms with E-state index < -0.39 is 0 Å². The van der Waals surface area contributed by atoms with Gasteiger partial charge in [-0.3, -0.25) is 9.59 Å². The van der Waals surface area contributed by atoms with Crippen LogP contribution in [0.5, 0.6) is 0 Å². The Bertz CT molecular complexity index is 761. The predicted molar refractivity (Wildman–Crippen MR) is 103 cm³/mol. The van der Waals surface area contributed by atoms with Gasteiger partial charge in [0.1, 0.15) is 5.82 Å². The highest BCUT2D eigenvalue weighted by atomic mass is 16.2. The second kappa shape index (κ2) is 8.13. The van der Waals surface area contributed by atoms with E-state index in [-0.39, 0.29) is 11.8 Å². The SMILES string of the molecule is CC(=O)N1CCC(CC(=O)Nc2ccc(-c3ccc(C)cc3)cn2)CC1. The molecule has 0 unspecified atom stereocenters. The van der Waals surface area contributed by atoms with Crippen LogP contribution in [0.2, 0.25) is 0 Å². The molecule has 2 heterocycles. The topological polar surface area (TPSA) is 62.3 Å². The fourth-order valence-corrected chi connectivity index (χ4v) is 3.29. The zero-order valence-corrected chi connectivity index (χ0v) is 15.4. The molecule has 1 aliphatic rings. The molecule has 3 rings (SSSR count). The van der Waals surface area contributed by atoms with Crippen molar-refractivity contribution >= 4 is 17.6 Å². The van der Waals surface area contributed by atoms with Gasteiger partial charge in [-0.05, 0) is 43.4 Å². The third-order valence-electron chi connectivity index (χ3n) is 4.95. The molecule has 1 saturated heterocycles. The predicted octanol–water partition coefficient (Wildman–Crippen LogP) is 3.64. The van der Waals surface area contributed by atoms with Crippen LogP contribution < -0.4 is 5.32 Å². The summed E-state index contributed by atoms with van der Waals surface area (Å²) in [6.07, 6.45) is 4.03. The fraction of sp³-hybridized carbons (Fsp3) is 0.381. The lowest BCUT2D eigenvalue weighted by Crippen LogP contribution is -2.37. The number of aromatic nitrogens is 1. The molecule has 2 amide bonds. The number of anilines is 1. The Morgan fingerprint density at radius 1 is 1.08 bits per heavy atom. The minimum absolute atomic E-state index is 0.0122. The van der Waals surface area contributed by atoms with Crippen molar-refractivity contribution in [1.29, 1.82) is 0 Å². The van der Waals surface area contributed by atoms with E-state index in [1.54, 1.807) is 13.1 Å². The molecule has 2 aromatic rings. The number of amides is 2. The van der Waals surface area contributed by atoms with E-state index >= 15 is 0 Å². The van der Waals surface area contributed by atoms with Crippen LogP contribution in [-0.2, 0) is 9.59 Å². The first-order valence-electron chi connectivity index (χ1n) is 9.10. The zero-order valence-electron chi connectivity index (χ0n) is 15.4. The Balaban J connectivity index is 1.52. The van der Waals surface area contributed by atoms with Crippen LogP contribution in [0.15, 0.2) is 42.6 Å². The van der Waals surface area contributed by atoms with Crippen LogP contribution in [0.4, 0.5) is 5.82 Å². The maximum atomic E-state index is 12.3. The number of benzene rings is 1. The number of pyridine rings is 1. The van der Waals surface area contributed by atoms with E-state index in [0.717, 1.165) is 37.1 Å². The van der Waals surface area contributed by atoms with Crippen molar-refractivity contribution in [1.82, 2.24) is 9.88 Å². The summed E-state index contributed by atoms with van der Waals surface area (Å²) in [5.74, 6) is 1.01. The molecule has 0 spiro atoms. The normalized spacial score (nSPS) is 14.9. The van der Waals surface area contributed by atoms with E-state index in [9.17, 15) is 9.59 Å². The number of likely N-dealkylation sites (tertiary alicyclic amines) is 1. The maximum absolute atomic E-state index is 12.3. The van der Waals surface area contributed by atoms with Crippen molar-refractivity contribution in [2.75, 3.05) is 18.4 Å². The van der Waals surface area contributed by atoms with Gasteiger partial charge in [0, 0.05) is 38.2 Å². The minimum Gasteiger partial charge on any atom is -0.343 e. The molecule has 5 heteroatoms. The molecule has 0 saturated carbocycles. The molecule has 26 heavy (non-hydrogen) atoms. The lowest BCUT2D eigenvalue weighted by atomic mass is 9.93. The van der Waals surface area contributed by atoms with Crippen LogP contribution in [0, 0.1) is 12.8 Å². The van der Waals surface area contributed by atoms with E-state index in [0.29, 0.717) is 18.2 Å². The largest absolute Gasteiger partial charge is 0.343 e. The highest BCUT2D eigenvalue weighted by Crippen LogP contribution is 2.22. The summed E-state index contributed by atoms with van der Waals surface area (Å²) >= 11 is 0. The summed E-state index contributed by atoms with van der Waals surface area (Å²) in [7, 11) is 0. The van der Waals surface area contributed by atoms with Crippen molar-refractivity contribution in [2.45, 2.75) is 33.1 Å². The third kappa shape index (κ3) is 4.69. The number of rotatable bonds is 4. The van der Waals surface area contributed by atoms with Gasteiger partial charge in [-0.25, -0.2) is 4.98 Å². The lowest BCUT2D eigenvalue weighted by Gasteiger charge is -2.30. The van der Waals surface area contributed by atoms with Crippen LogP contribution >= 0.6 is 0 Å². The maximum Gasteiger partial charge on any atom is 0.225 e. The number of carbonyl (C=O) groups excluding carboxylic acids is 2. The zero-order chi connectivity index (χ0) is 18.5. The number of nitrogens with one attached hydrogen (secondary N) is 1. The summed E-state index contributed by atoms with van der Waals surface area (Å²) in [5, 5.41) is 2.88. The fourth-order valence-electron chi connectivity index (χ4n) is 3.29. The minimum atomic E-state index is -0.0122. The van der Waals surface area contributed by atoms with Crippen molar-refractivity contribution in [3.05, 3.63) is 48.2 Å². The smallest absolute Gasteiger partial charge is 0.225 e. The van der Waals surface area contributed by atoms with E-state index in [1.165, 1.54) is 5.56 Å². The Hall–Kier alpha value is -2.69. The summed E-state index contributed by atoms with van der Waals surface area (Å²) in [6.45, 7) is 5.15. The van der Waals surface area contributed by atoms with E-state index in [1.807, 2.05) is 17.0 Å². The average molecular weight is 351 g/mol. The molecule has 1 N–H and O–H groups in total. The first kappa shape index (κ1) is 18.1. The molecule has 0 atom stereocenters. The molecule has 136 valence electrons. The first-order valence-corrected chi connectivity index (χ1v) is 9.10. The quantitative estimate of drug-likeness (QED) is 0.915. The average Bonchev–Trinajstić information content (AvgIpc) is 2.63. The van der Waals surface area contributed by atoms with Gasteiger partial charge in [-0.15, -0.1) is 0 Å². The lowest BCUT2D eigenvalue weighted by molar-refractivity contribution is -0.130. The molecule has 5 nitrogen and oxygen atoms in total. The van der Waals surface area contributed by atoms with E-state index in [2.05, 4.69) is 41.5 Å². The van der Waals surface area contributed by atoms with E-state index in [4.69, 9.17) is 0 Å². The second-order valence-electron chi connectivity index (χ2n) is 7.00. The van der Waals surface area contributed by atoms with Gasteiger partial charge in [0.2, 0.25) is 11.8 Å². The standard InChI is InChI=1S/C21H25N3O2/c1-15-3-5-18(6-4-15)19-7-8-20(22-14-19)23-21(26)13-17-9-11-24(12-10-17)16(2)25/h3-8,14,17H,9-13H2,1-2H3,(H,22,23,26). The van der Waals surface area contributed by atoms with Crippen molar-refractivity contribution in [2.24, 2.45) is 5.92 Å². The molecule has 0 bridgehead atoms. The van der Waals surface area contributed by atoms with Gasteiger partial charge in [-0.1, -0.05) is 29.8 Å². The van der Waals surface area contributed by atoms with Crippen molar-refractivity contribution < 1.29 is 9.59 Å². The van der Waals surface area contributed by atoms with Gasteiger partial charge in [0.05, 0.1) is 0 Å². The van der Waals surface area contributed by atoms with Crippen molar-refractivity contribution in [3.63, 3.8) is 0 Å². The van der Waals surface area contributed by atoms with Crippen LogP contribution in [0.25, 0.3) is 11.1 Å². The molecular formula is C21H25N3O2. The van der Waals surface area contributed by atoms with Gasteiger partial charge >= 0.3 is 0 Å². The Labute approximate surface area is 154 Å². The van der Waals surface area contributed by atoms with Gasteiger partial charge in [0.25, 0.3) is 0 Å². The van der Waals surface area contributed by atoms with Gasteiger partial charge in [-0.2, -0.15) is 0 Å². The Morgan fingerprint density at radius 3 is 2.31 bits per heavy atom. The molecule has 1 aliphatic heterocycles. The molecule has 1 aromatic carbocycles. The molecule has 1 fully saturated rings. The van der Waals surface area contributed by atoms with Gasteiger partial charge < -0.3 is 10.2 Å². The monoisotopic (exact) mass is 351 g/mol.